The summed E-state index contributed by atoms with van der Waals surface area (Å²) in [4.78, 5) is 4.72. The molecule has 0 atom stereocenters. The molecule has 4 aromatic carbocycles. The van der Waals surface area contributed by atoms with Gasteiger partial charge in [0.25, 0.3) is 0 Å². The molecule has 0 bridgehead atoms. The van der Waals surface area contributed by atoms with Gasteiger partial charge in [-0.25, -0.2) is 4.39 Å². The largest absolute Gasteiger partial charge is 0.256 e. The minimum atomic E-state index is -0.157. The second-order valence-corrected chi connectivity index (χ2v) is 9.53. The van der Waals surface area contributed by atoms with E-state index in [-0.39, 0.29) is 11.7 Å². The average molecular weight is 422 g/mol. The van der Waals surface area contributed by atoms with Gasteiger partial charge in [-0.3, -0.25) is 4.98 Å². The normalized spacial score (nSPS) is 12.0. The van der Waals surface area contributed by atoms with Gasteiger partial charge in [-0.1, -0.05) is 64.1 Å². The highest BCUT2D eigenvalue weighted by atomic mass is 19.1. The third kappa shape index (κ3) is 3.54. The van der Waals surface area contributed by atoms with E-state index < -0.39 is 0 Å². The molecule has 1 nitrogen and oxygen atoms in total. The van der Waals surface area contributed by atoms with Gasteiger partial charge >= 0.3 is 0 Å². The highest BCUT2D eigenvalue weighted by Gasteiger charge is 2.15. The Morgan fingerprint density at radius 1 is 0.781 bits per heavy atom. The quantitative estimate of drug-likeness (QED) is 0.265. The Bertz CT molecular complexity index is 1460. The lowest BCUT2D eigenvalue weighted by atomic mass is 9.89. The van der Waals surface area contributed by atoms with E-state index in [0.717, 1.165) is 34.0 Å². The van der Waals surface area contributed by atoms with Crippen LogP contribution in [0.5, 0.6) is 0 Å². The first kappa shape index (κ1) is 20.6. The minimum absolute atomic E-state index is 0.141. The van der Waals surface area contributed by atoms with E-state index in [2.05, 4.69) is 62.4 Å². The van der Waals surface area contributed by atoms with Crippen LogP contribution in [0.15, 0.2) is 72.9 Å². The van der Waals surface area contributed by atoms with Crippen molar-refractivity contribution >= 4 is 32.3 Å². The predicted molar refractivity (Wildman–Crippen MR) is 135 cm³/mol. The van der Waals surface area contributed by atoms with Gasteiger partial charge in [0.05, 0.1) is 5.69 Å². The molecule has 0 aliphatic heterocycles. The SMILES string of the molecule is CC(C)Cc1cc(-c2nccc3cc(C(C)C)c(F)cc23)cc2ccc3ccccc3c12. The Balaban J connectivity index is 1.80. The van der Waals surface area contributed by atoms with E-state index in [9.17, 15) is 4.39 Å². The van der Waals surface area contributed by atoms with Gasteiger partial charge in [-0.05, 0) is 86.6 Å². The summed E-state index contributed by atoms with van der Waals surface area (Å²) in [6.45, 7) is 8.56. The molecule has 0 saturated carbocycles. The smallest absolute Gasteiger partial charge is 0.127 e. The van der Waals surface area contributed by atoms with Crippen molar-refractivity contribution in [2.24, 2.45) is 5.92 Å². The Labute approximate surface area is 188 Å². The fourth-order valence-electron chi connectivity index (χ4n) is 4.86. The van der Waals surface area contributed by atoms with Crippen LogP contribution in [0.1, 0.15) is 44.7 Å². The molecule has 0 radical (unpaired) electrons. The number of aromatic nitrogens is 1. The maximum Gasteiger partial charge on any atom is 0.127 e. The Hall–Kier alpha value is -3.26. The molecule has 5 rings (SSSR count). The molecule has 0 amide bonds. The first-order valence-electron chi connectivity index (χ1n) is 11.5. The number of nitrogens with zero attached hydrogens (tertiary/aromatic N) is 1. The Kier molecular flexibility index (Phi) is 5.17. The molecule has 0 spiro atoms. The lowest BCUT2D eigenvalue weighted by Crippen LogP contribution is -1.98. The van der Waals surface area contributed by atoms with Crippen LogP contribution in [0.4, 0.5) is 4.39 Å². The van der Waals surface area contributed by atoms with Crippen LogP contribution >= 0.6 is 0 Å². The van der Waals surface area contributed by atoms with E-state index in [1.807, 2.05) is 32.2 Å². The van der Waals surface area contributed by atoms with Gasteiger partial charge in [0.15, 0.2) is 0 Å². The molecular formula is C30H28FN. The maximum atomic E-state index is 14.9. The van der Waals surface area contributed by atoms with Gasteiger partial charge in [-0.15, -0.1) is 0 Å². The summed E-state index contributed by atoms with van der Waals surface area (Å²) in [7, 11) is 0. The minimum Gasteiger partial charge on any atom is -0.256 e. The molecule has 0 saturated heterocycles. The molecule has 0 N–H and O–H groups in total. The molecule has 32 heavy (non-hydrogen) atoms. The second-order valence-electron chi connectivity index (χ2n) is 9.53. The van der Waals surface area contributed by atoms with Crippen LogP contribution < -0.4 is 0 Å². The lowest BCUT2D eigenvalue weighted by Gasteiger charge is -2.16. The van der Waals surface area contributed by atoms with Crippen molar-refractivity contribution in [1.82, 2.24) is 4.98 Å². The maximum absolute atomic E-state index is 14.9. The number of hydrogen-bond acceptors (Lipinski definition) is 1. The van der Waals surface area contributed by atoms with Crippen molar-refractivity contribution in [1.29, 1.82) is 0 Å². The number of halogens is 1. The summed E-state index contributed by atoms with van der Waals surface area (Å²) >= 11 is 0. The van der Waals surface area contributed by atoms with Gasteiger partial charge in [0.1, 0.15) is 5.82 Å². The summed E-state index contributed by atoms with van der Waals surface area (Å²) in [6.07, 6.45) is 2.82. The summed E-state index contributed by atoms with van der Waals surface area (Å²) in [6, 6.07) is 23.1. The highest BCUT2D eigenvalue weighted by molar-refractivity contribution is 6.11. The van der Waals surface area contributed by atoms with Crippen molar-refractivity contribution in [3.8, 4) is 11.3 Å². The zero-order valence-electron chi connectivity index (χ0n) is 19.1. The third-order valence-corrected chi connectivity index (χ3v) is 6.33. The summed E-state index contributed by atoms with van der Waals surface area (Å²) in [5.41, 5.74) is 3.96. The van der Waals surface area contributed by atoms with Crippen LogP contribution in [0.2, 0.25) is 0 Å². The van der Waals surface area contributed by atoms with Crippen LogP contribution in [0.3, 0.4) is 0 Å². The second kappa shape index (κ2) is 8.02. The average Bonchev–Trinajstić information content (AvgIpc) is 2.77. The van der Waals surface area contributed by atoms with Gasteiger partial charge < -0.3 is 0 Å². The van der Waals surface area contributed by atoms with Crippen molar-refractivity contribution in [3.63, 3.8) is 0 Å². The fourth-order valence-corrected chi connectivity index (χ4v) is 4.86. The van der Waals surface area contributed by atoms with Gasteiger partial charge in [0, 0.05) is 17.1 Å². The first-order chi connectivity index (χ1) is 15.4. The molecular weight excluding hydrogens is 393 g/mol. The molecule has 1 heterocycles. The molecule has 2 heteroatoms. The van der Waals surface area contributed by atoms with E-state index in [4.69, 9.17) is 4.98 Å². The van der Waals surface area contributed by atoms with Crippen molar-refractivity contribution in [2.75, 3.05) is 0 Å². The molecule has 160 valence electrons. The third-order valence-electron chi connectivity index (χ3n) is 6.33. The van der Waals surface area contributed by atoms with Crippen LogP contribution in [-0.4, -0.2) is 4.98 Å². The van der Waals surface area contributed by atoms with E-state index in [1.54, 1.807) is 6.07 Å². The summed E-state index contributed by atoms with van der Waals surface area (Å²) in [5.74, 6) is 0.512. The lowest BCUT2D eigenvalue weighted by molar-refractivity contribution is 0.600. The molecule has 0 aliphatic rings. The predicted octanol–water partition coefficient (Wildman–Crippen LogP) is 8.67. The fraction of sp³-hybridized carbons (Fsp3) is 0.233. The molecule has 0 fully saturated rings. The first-order valence-corrected chi connectivity index (χ1v) is 11.5. The zero-order chi connectivity index (χ0) is 22.4. The summed E-state index contributed by atoms with van der Waals surface area (Å²) < 4.78 is 14.9. The molecule has 0 aliphatic carbocycles. The highest BCUT2D eigenvalue weighted by Crippen LogP contribution is 2.36. The molecule has 5 aromatic rings. The topological polar surface area (TPSA) is 12.9 Å². The number of hydrogen-bond donors (Lipinski definition) is 0. The van der Waals surface area contributed by atoms with E-state index in [0.29, 0.717) is 5.92 Å². The van der Waals surface area contributed by atoms with Crippen LogP contribution in [0.25, 0.3) is 43.6 Å². The summed E-state index contributed by atoms with van der Waals surface area (Å²) in [5, 5.41) is 6.95. The van der Waals surface area contributed by atoms with Crippen molar-refractivity contribution in [3.05, 3.63) is 89.9 Å². The number of rotatable bonds is 4. The van der Waals surface area contributed by atoms with Gasteiger partial charge in [0.2, 0.25) is 0 Å². The Morgan fingerprint density at radius 2 is 1.56 bits per heavy atom. The van der Waals surface area contributed by atoms with Gasteiger partial charge in [-0.2, -0.15) is 0 Å². The standard InChI is InChI=1S/C30H28FN/c1-18(2)13-23-15-24(14-22-10-9-20-7-5-6-8-25(20)29(22)23)30-27-17-28(31)26(19(3)4)16-21(27)11-12-32-30/h5-12,14-19H,13H2,1-4H3. The number of benzene rings is 4. The number of pyridine rings is 1. The molecule has 0 unspecified atom stereocenters. The van der Waals surface area contributed by atoms with E-state index in [1.165, 1.54) is 27.1 Å². The molecule has 1 aromatic heterocycles. The monoisotopic (exact) mass is 421 g/mol. The van der Waals surface area contributed by atoms with Crippen molar-refractivity contribution in [2.45, 2.75) is 40.0 Å². The van der Waals surface area contributed by atoms with Crippen LogP contribution in [-0.2, 0) is 6.42 Å². The van der Waals surface area contributed by atoms with Crippen LogP contribution in [0, 0.1) is 11.7 Å². The Morgan fingerprint density at radius 3 is 2.34 bits per heavy atom. The van der Waals surface area contributed by atoms with E-state index >= 15 is 0 Å². The van der Waals surface area contributed by atoms with Crippen molar-refractivity contribution < 1.29 is 4.39 Å². The zero-order valence-corrected chi connectivity index (χ0v) is 19.1. The number of fused-ring (bicyclic) bond motifs is 4.